The molecule has 0 aliphatic heterocycles. The Hall–Kier alpha value is -1.72. The summed E-state index contributed by atoms with van der Waals surface area (Å²) >= 11 is 0. The molecule has 0 heterocycles. The van der Waals surface area contributed by atoms with Gasteiger partial charge in [-0.1, -0.05) is 0 Å². The maximum absolute atomic E-state index is 11.3. The van der Waals surface area contributed by atoms with Gasteiger partial charge < -0.3 is 21.3 Å². The van der Waals surface area contributed by atoms with Gasteiger partial charge >= 0.3 is 11.9 Å². The highest BCUT2D eigenvalue weighted by Crippen LogP contribution is 1.98. The van der Waals surface area contributed by atoms with E-state index in [4.69, 9.17) is 20.5 Å². The average molecular weight is 298 g/mol. The van der Waals surface area contributed by atoms with E-state index >= 15 is 0 Å². The number of nitrogens with one attached hydrogen (secondary N) is 1. The quantitative estimate of drug-likeness (QED) is 0.305. The van der Waals surface area contributed by atoms with Crippen LogP contribution in [-0.2, 0) is 24.5 Å². The van der Waals surface area contributed by atoms with Gasteiger partial charge in [-0.25, -0.2) is 4.79 Å². The second-order valence-corrected chi connectivity index (χ2v) is 5.19. The van der Waals surface area contributed by atoms with Crippen LogP contribution in [-0.4, -0.2) is 58.9 Å². The summed E-state index contributed by atoms with van der Waals surface area (Å²) in [6.07, 6.45) is -0.623. The van der Waals surface area contributed by atoms with Crippen molar-refractivity contribution < 1.29 is 37.6 Å². The molecular weight excluding hydrogens is 284 g/mol. The number of hydrogen-bond donors (Lipinski definition) is 5. The summed E-state index contributed by atoms with van der Waals surface area (Å²) < 4.78 is 29.6. The fraction of sp³-hybridized carbons (Fsp3) is 0.625. The number of carbonyl (C=O) groups is 3. The summed E-state index contributed by atoms with van der Waals surface area (Å²) in [5.74, 6) is -5.03. The first-order valence-corrected chi connectivity index (χ1v) is 6.59. The predicted octanol–water partition coefficient (Wildman–Crippen LogP) is -2.36. The molecule has 0 bridgehead atoms. The Bertz CT molecular complexity index is 459. The van der Waals surface area contributed by atoms with Crippen molar-refractivity contribution in [2.75, 3.05) is 5.75 Å². The lowest BCUT2D eigenvalue weighted by atomic mass is 10.1. The minimum absolute atomic E-state index is 0.237. The van der Waals surface area contributed by atoms with Gasteiger partial charge in [-0.2, -0.15) is 8.42 Å². The van der Waals surface area contributed by atoms with Crippen LogP contribution in [0.4, 0.5) is 0 Å². The molecule has 0 saturated heterocycles. The second kappa shape index (κ2) is 7.01. The average Bonchev–Trinajstić information content (AvgIpc) is 2.22. The summed E-state index contributed by atoms with van der Waals surface area (Å²) in [4.78, 5) is 32.3. The summed E-state index contributed by atoms with van der Waals surface area (Å²) in [5.41, 5.74) is 5.13. The Morgan fingerprint density at radius 3 is 2.05 bits per heavy atom. The van der Waals surface area contributed by atoms with Crippen molar-refractivity contribution in [1.29, 1.82) is 0 Å². The van der Waals surface area contributed by atoms with Gasteiger partial charge in [-0.05, 0) is 6.42 Å². The zero-order chi connectivity index (χ0) is 15.2. The number of carbonyl (C=O) groups excluding carboxylic acids is 1. The number of aliphatic carboxylic acids is 2. The molecule has 0 aliphatic rings. The van der Waals surface area contributed by atoms with Crippen molar-refractivity contribution in [3.8, 4) is 0 Å². The van der Waals surface area contributed by atoms with E-state index in [1.165, 1.54) is 0 Å². The van der Waals surface area contributed by atoms with Gasteiger partial charge in [0.05, 0.1) is 0 Å². The molecule has 10 nitrogen and oxygen atoms in total. The number of nitrogens with two attached hydrogens (primary N) is 1. The standard InChI is InChI=1S/C8H14N2O8S/c9-4(7(12)13)1-2-6(11)10-5(8(14)15)3-19(16,17)18/h4-5H,1-3,9H2,(H,10,11)(H,12,13)(H,14,15)(H,16,17,18)/t4-,5+/m0/s1. The third kappa shape index (κ3) is 8.07. The molecule has 11 heteroatoms. The van der Waals surface area contributed by atoms with E-state index in [2.05, 4.69) is 0 Å². The maximum atomic E-state index is 11.3. The third-order valence-electron chi connectivity index (χ3n) is 2.01. The first kappa shape index (κ1) is 17.3. The number of carboxylic acids is 2. The number of rotatable bonds is 8. The zero-order valence-electron chi connectivity index (χ0n) is 9.64. The first-order chi connectivity index (χ1) is 8.53. The lowest BCUT2D eigenvalue weighted by Crippen LogP contribution is -2.45. The third-order valence-corrected chi connectivity index (χ3v) is 2.76. The Kier molecular flexibility index (Phi) is 6.38. The van der Waals surface area contributed by atoms with Crippen molar-refractivity contribution in [2.24, 2.45) is 5.73 Å². The van der Waals surface area contributed by atoms with E-state index in [1.807, 2.05) is 5.32 Å². The normalized spacial score (nSPS) is 14.4. The molecule has 0 rings (SSSR count). The molecule has 0 aromatic heterocycles. The molecule has 0 unspecified atom stereocenters. The van der Waals surface area contributed by atoms with Gasteiger partial charge in [-0.15, -0.1) is 0 Å². The fourth-order valence-electron chi connectivity index (χ4n) is 1.06. The van der Waals surface area contributed by atoms with Gasteiger partial charge in [0.15, 0.2) is 0 Å². The molecule has 0 aliphatic carbocycles. The van der Waals surface area contributed by atoms with Crippen LogP contribution in [0.25, 0.3) is 0 Å². The van der Waals surface area contributed by atoms with Crippen LogP contribution < -0.4 is 11.1 Å². The monoisotopic (exact) mass is 298 g/mol. The fourth-order valence-corrected chi connectivity index (χ4v) is 1.71. The van der Waals surface area contributed by atoms with E-state index in [1.54, 1.807) is 0 Å². The highest BCUT2D eigenvalue weighted by Gasteiger charge is 2.26. The molecule has 0 fully saturated rings. The highest BCUT2D eigenvalue weighted by atomic mass is 32.2. The Labute approximate surface area is 108 Å². The van der Waals surface area contributed by atoms with E-state index < -0.39 is 45.8 Å². The topological polar surface area (TPSA) is 184 Å². The summed E-state index contributed by atoms with van der Waals surface area (Å²) in [6.45, 7) is 0. The van der Waals surface area contributed by atoms with Crippen LogP contribution in [0.2, 0.25) is 0 Å². The zero-order valence-corrected chi connectivity index (χ0v) is 10.5. The van der Waals surface area contributed by atoms with Crippen molar-refractivity contribution in [2.45, 2.75) is 24.9 Å². The smallest absolute Gasteiger partial charge is 0.327 e. The van der Waals surface area contributed by atoms with Gasteiger partial charge in [0, 0.05) is 6.42 Å². The molecule has 0 aromatic carbocycles. The molecule has 0 spiro atoms. The van der Waals surface area contributed by atoms with Gasteiger partial charge in [0.25, 0.3) is 10.1 Å². The minimum Gasteiger partial charge on any atom is -0.480 e. The van der Waals surface area contributed by atoms with E-state index in [0.717, 1.165) is 0 Å². The van der Waals surface area contributed by atoms with Crippen LogP contribution >= 0.6 is 0 Å². The Balaban J connectivity index is 4.41. The Morgan fingerprint density at radius 2 is 1.68 bits per heavy atom. The summed E-state index contributed by atoms with van der Waals surface area (Å²) in [7, 11) is -4.57. The van der Waals surface area contributed by atoms with Crippen molar-refractivity contribution in [3.05, 3.63) is 0 Å². The number of amides is 1. The molecule has 2 atom stereocenters. The minimum atomic E-state index is -4.57. The van der Waals surface area contributed by atoms with Crippen molar-refractivity contribution >= 4 is 28.0 Å². The molecule has 0 aromatic rings. The second-order valence-electron chi connectivity index (χ2n) is 3.69. The lowest BCUT2D eigenvalue weighted by molar-refractivity contribution is -0.142. The molecule has 0 saturated carbocycles. The van der Waals surface area contributed by atoms with Gasteiger partial charge in [0.2, 0.25) is 5.91 Å². The van der Waals surface area contributed by atoms with Gasteiger partial charge in [-0.3, -0.25) is 14.1 Å². The van der Waals surface area contributed by atoms with Crippen LogP contribution in [0.5, 0.6) is 0 Å². The molecule has 1 amide bonds. The molecule has 110 valence electrons. The van der Waals surface area contributed by atoms with Crippen LogP contribution in [0.15, 0.2) is 0 Å². The van der Waals surface area contributed by atoms with Crippen molar-refractivity contribution in [1.82, 2.24) is 5.32 Å². The molecule has 19 heavy (non-hydrogen) atoms. The van der Waals surface area contributed by atoms with E-state index in [-0.39, 0.29) is 12.8 Å². The van der Waals surface area contributed by atoms with Crippen LogP contribution in [0.1, 0.15) is 12.8 Å². The predicted molar refractivity (Wildman–Crippen MR) is 60.8 cm³/mol. The number of hydrogen-bond acceptors (Lipinski definition) is 6. The molecular formula is C8H14N2O8S. The van der Waals surface area contributed by atoms with Crippen LogP contribution in [0, 0.1) is 0 Å². The summed E-state index contributed by atoms with van der Waals surface area (Å²) in [5, 5.41) is 18.9. The molecule has 6 N–H and O–H groups in total. The Morgan fingerprint density at radius 1 is 1.16 bits per heavy atom. The highest BCUT2D eigenvalue weighted by molar-refractivity contribution is 7.85. The summed E-state index contributed by atoms with van der Waals surface area (Å²) in [6, 6.07) is -3.10. The van der Waals surface area contributed by atoms with Crippen molar-refractivity contribution in [3.63, 3.8) is 0 Å². The van der Waals surface area contributed by atoms with E-state index in [0.29, 0.717) is 0 Å². The van der Waals surface area contributed by atoms with Crippen LogP contribution in [0.3, 0.4) is 0 Å². The molecule has 0 radical (unpaired) electrons. The SMILES string of the molecule is N[C@@H](CCC(=O)N[C@H](CS(=O)(=O)O)C(=O)O)C(=O)O. The largest absolute Gasteiger partial charge is 0.480 e. The van der Waals surface area contributed by atoms with Gasteiger partial charge in [0.1, 0.15) is 17.8 Å². The maximum Gasteiger partial charge on any atom is 0.327 e. The number of carboxylic acid groups (broad SMARTS) is 2. The lowest BCUT2D eigenvalue weighted by Gasteiger charge is -2.13. The van der Waals surface area contributed by atoms with E-state index in [9.17, 15) is 22.8 Å². The first-order valence-electron chi connectivity index (χ1n) is 4.98.